The van der Waals surface area contributed by atoms with Crippen molar-refractivity contribution in [1.29, 1.82) is 0 Å². The molecular weight excluding hydrogens is 264 g/mol. The highest BCUT2D eigenvalue weighted by Gasteiger charge is 2.23. The molecule has 0 aromatic heterocycles. The lowest BCUT2D eigenvalue weighted by molar-refractivity contribution is 0.563. The van der Waals surface area contributed by atoms with Crippen LogP contribution >= 0.6 is 0 Å². The molecule has 118 valence electrons. The summed E-state index contributed by atoms with van der Waals surface area (Å²) < 4.78 is 0. The maximum absolute atomic E-state index is 2.44. The molecule has 0 fully saturated rings. The molecule has 0 aliphatic carbocycles. The first-order valence-corrected chi connectivity index (χ1v) is 8.27. The second kappa shape index (κ2) is 5.91. The van der Waals surface area contributed by atoms with Gasteiger partial charge in [0.1, 0.15) is 0 Å². The third-order valence-corrected chi connectivity index (χ3v) is 4.37. The molecule has 2 aromatic carbocycles. The molecule has 0 heteroatoms. The Labute approximate surface area is 136 Å². The van der Waals surface area contributed by atoms with Crippen LogP contribution in [-0.4, -0.2) is 0 Å². The van der Waals surface area contributed by atoms with E-state index in [9.17, 15) is 0 Å². The monoisotopic (exact) mass is 294 g/mol. The van der Waals surface area contributed by atoms with Crippen molar-refractivity contribution in [3.05, 3.63) is 70.3 Å². The molecule has 0 amide bonds. The minimum atomic E-state index is 0.163. The Morgan fingerprint density at radius 3 is 1.86 bits per heavy atom. The van der Waals surface area contributed by atoms with Crippen LogP contribution in [0.1, 0.15) is 69.4 Å². The van der Waals surface area contributed by atoms with Crippen molar-refractivity contribution in [1.82, 2.24) is 0 Å². The predicted octanol–water partition coefficient (Wildman–Crippen LogP) is 6.18. The van der Waals surface area contributed by atoms with E-state index in [2.05, 4.69) is 90.9 Å². The number of hydrogen-bond acceptors (Lipinski definition) is 0. The van der Waals surface area contributed by atoms with Gasteiger partial charge in [-0.15, -0.1) is 0 Å². The quantitative estimate of drug-likeness (QED) is 0.620. The number of rotatable bonds is 2. The smallest absolute Gasteiger partial charge is 0.00202 e. The van der Waals surface area contributed by atoms with Crippen molar-refractivity contribution in [2.75, 3.05) is 0 Å². The SMILES string of the molecule is Cc1cc(C(C)(C)C)cc(C(C)(C)C)c1Cc1ccccc1. The molecule has 0 heterocycles. The van der Waals surface area contributed by atoms with Crippen LogP contribution in [0.5, 0.6) is 0 Å². The van der Waals surface area contributed by atoms with Gasteiger partial charge in [0.2, 0.25) is 0 Å². The summed E-state index contributed by atoms with van der Waals surface area (Å²) in [6.07, 6.45) is 1.02. The van der Waals surface area contributed by atoms with Crippen LogP contribution in [0.4, 0.5) is 0 Å². The van der Waals surface area contributed by atoms with Gasteiger partial charge < -0.3 is 0 Å². The summed E-state index contributed by atoms with van der Waals surface area (Å²) in [7, 11) is 0. The van der Waals surface area contributed by atoms with Crippen LogP contribution in [0.25, 0.3) is 0 Å². The summed E-state index contributed by atoms with van der Waals surface area (Å²) >= 11 is 0. The maximum atomic E-state index is 2.44. The van der Waals surface area contributed by atoms with E-state index in [0.29, 0.717) is 0 Å². The average Bonchev–Trinajstić information content (AvgIpc) is 2.39. The fourth-order valence-corrected chi connectivity index (χ4v) is 2.95. The van der Waals surface area contributed by atoms with Crippen LogP contribution in [0.3, 0.4) is 0 Å². The van der Waals surface area contributed by atoms with Crippen molar-refractivity contribution < 1.29 is 0 Å². The zero-order valence-corrected chi connectivity index (χ0v) is 15.2. The lowest BCUT2D eigenvalue weighted by Gasteiger charge is -2.29. The minimum Gasteiger partial charge on any atom is -0.0622 e. The van der Waals surface area contributed by atoms with Gasteiger partial charge in [-0.25, -0.2) is 0 Å². The third-order valence-electron chi connectivity index (χ3n) is 4.37. The molecule has 0 spiro atoms. The Morgan fingerprint density at radius 1 is 0.773 bits per heavy atom. The molecule has 2 rings (SSSR count). The van der Waals surface area contributed by atoms with Gasteiger partial charge in [-0.1, -0.05) is 84.0 Å². The second-order valence-electron chi connectivity index (χ2n) is 8.48. The Balaban J connectivity index is 2.58. The number of hydrogen-bond donors (Lipinski definition) is 0. The zero-order valence-electron chi connectivity index (χ0n) is 15.2. The van der Waals surface area contributed by atoms with Crippen LogP contribution in [0, 0.1) is 6.92 Å². The van der Waals surface area contributed by atoms with E-state index in [1.807, 2.05) is 0 Å². The van der Waals surface area contributed by atoms with E-state index in [-0.39, 0.29) is 10.8 Å². The standard InChI is InChI=1S/C22H30/c1-16-13-18(21(2,3)4)15-20(22(5,6)7)19(16)14-17-11-9-8-10-12-17/h8-13,15H,14H2,1-7H3. The fourth-order valence-electron chi connectivity index (χ4n) is 2.95. The normalized spacial score (nSPS) is 12.5. The lowest BCUT2D eigenvalue weighted by atomic mass is 9.76. The van der Waals surface area contributed by atoms with Crippen LogP contribution in [0.2, 0.25) is 0 Å². The van der Waals surface area contributed by atoms with Gasteiger partial charge in [0.15, 0.2) is 0 Å². The largest absolute Gasteiger partial charge is 0.0622 e. The van der Waals surface area contributed by atoms with E-state index < -0.39 is 0 Å². The van der Waals surface area contributed by atoms with E-state index in [0.717, 1.165) is 6.42 Å². The van der Waals surface area contributed by atoms with Gasteiger partial charge >= 0.3 is 0 Å². The highest BCUT2D eigenvalue weighted by Crippen LogP contribution is 2.34. The molecule has 0 aliphatic heterocycles. The Bertz CT molecular complexity index is 634. The summed E-state index contributed by atoms with van der Waals surface area (Å²) in [5, 5.41) is 0. The summed E-state index contributed by atoms with van der Waals surface area (Å²) in [6.45, 7) is 16.1. The first-order valence-electron chi connectivity index (χ1n) is 8.27. The number of aryl methyl sites for hydroxylation is 1. The zero-order chi connectivity index (χ0) is 16.5. The molecule has 2 aromatic rings. The Hall–Kier alpha value is -1.56. The highest BCUT2D eigenvalue weighted by molar-refractivity contribution is 5.46. The van der Waals surface area contributed by atoms with E-state index in [1.165, 1.54) is 27.8 Å². The average molecular weight is 294 g/mol. The Kier molecular flexibility index (Phi) is 4.52. The first kappa shape index (κ1) is 16.8. The molecule has 0 atom stereocenters. The number of benzene rings is 2. The topological polar surface area (TPSA) is 0 Å². The van der Waals surface area contributed by atoms with Gasteiger partial charge in [0.25, 0.3) is 0 Å². The molecular formula is C22H30. The van der Waals surface area contributed by atoms with Crippen molar-refractivity contribution in [3.63, 3.8) is 0 Å². The molecule has 0 saturated carbocycles. The summed E-state index contributed by atoms with van der Waals surface area (Å²) in [5.74, 6) is 0. The van der Waals surface area contributed by atoms with Crippen LogP contribution in [0.15, 0.2) is 42.5 Å². The minimum absolute atomic E-state index is 0.163. The fraction of sp³-hybridized carbons (Fsp3) is 0.455. The third kappa shape index (κ3) is 3.80. The summed E-state index contributed by atoms with van der Waals surface area (Å²) in [6, 6.07) is 15.6. The lowest BCUT2D eigenvalue weighted by Crippen LogP contribution is -2.19. The highest BCUT2D eigenvalue weighted by atomic mass is 14.3. The van der Waals surface area contributed by atoms with Gasteiger partial charge in [0.05, 0.1) is 0 Å². The first-order chi connectivity index (χ1) is 10.1. The van der Waals surface area contributed by atoms with Gasteiger partial charge in [0, 0.05) is 0 Å². The molecule has 0 N–H and O–H groups in total. The molecule has 0 unspecified atom stereocenters. The molecule has 0 aliphatic rings. The maximum Gasteiger partial charge on any atom is -0.00202 e. The molecule has 0 nitrogen and oxygen atoms in total. The van der Waals surface area contributed by atoms with Crippen molar-refractivity contribution in [2.45, 2.75) is 65.7 Å². The Morgan fingerprint density at radius 2 is 1.36 bits per heavy atom. The second-order valence-corrected chi connectivity index (χ2v) is 8.48. The van der Waals surface area contributed by atoms with Crippen molar-refractivity contribution in [2.24, 2.45) is 0 Å². The molecule has 22 heavy (non-hydrogen) atoms. The molecule has 0 radical (unpaired) electrons. The van der Waals surface area contributed by atoms with E-state index in [4.69, 9.17) is 0 Å². The van der Waals surface area contributed by atoms with E-state index >= 15 is 0 Å². The predicted molar refractivity (Wildman–Crippen MR) is 97.8 cm³/mol. The van der Waals surface area contributed by atoms with Crippen LogP contribution in [-0.2, 0) is 17.3 Å². The van der Waals surface area contributed by atoms with Crippen molar-refractivity contribution in [3.8, 4) is 0 Å². The van der Waals surface area contributed by atoms with Gasteiger partial charge in [-0.3, -0.25) is 0 Å². The summed E-state index contributed by atoms with van der Waals surface area (Å²) in [4.78, 5) is 0. The van der Waals surface area contributed by atoms with Crippen LogP contribution < -0.4 is 0 Å². The van der Waals surface area contributed by atoms with E-state index in [1.54, 1.807) is 0 Å². The summed E-state index contributed by atoms with van der Waals surface area (Å²) in [5.41, 5.74) is 7.58. The molecule has 0 bridgehead atoms. The van der Waals surface area contributed by atoms with Crippen molar-refractivity contribution >= 4 is 0 Å². The molecule has 0 saturated heterocycles. The van der Waals surface area contributed by atoms with Gasteiger partial charge in [-0.05, 0) is 52.0 Å². The van der Waals surface area contributed by atoms with Gasteiger partial charge in [-0.2, -0.15) is 0 Å².